The second-order valence-electron chi connectivity index (χ2n) is 8.91. The molecule has 4 rings (SSSR count). The molecule has 0 bridgehead atoms. The van der Waals surface area contributed by atoms with Gasteiger partial charge < -0.3 is 4.90 Å². The lowest BCUT2D eigenvalue weighted by Gasteiger charge is -2.22. The first-order valence-corrected chi connectivity index (χ1v) is 13.9. The summed E-state index contributed by atoms with van der Waals surface area (Å²) in [5.74, 6) is -0.204. The van der Waals surface area contributed by atoms with E-state index in [2.05, 4.69) is 11.0 Å². The molecule has 1 heterocycles. The molecule has 0 radical (unpaired) electrons. The molecule has 0 spiro atoms. The zero-order valence-corrected chi connectivity index (χ0v) is 22.5. The van der Waals surface area contributed by atoms with E-state index in [0.717, 1.165) is 28.7 Å². The number of anilines is 2. The van der Waals surface area contributed by atoms with Crippen molar-refractivity contribution in [1.29, 1.82) is 0 Å². The van der Waals surface area contributed by atoms with E-state index in [1.165, 1.54) is 34.8 Å². The van der Waals surface area contributed by atoms with Crippen molar-refractivity contribution >= 4 is 48.3 Å². The number of carbonyl (C=O) groups excluding carboxylic acids is 1. The van der Waals surface area contributed by atoms with Crippen molar-refractivity contribution in [2.75, 3.05) is 43.4 Å². The van der Waals surface area contributed by atoms with Crippen LogP contribution in [0.4, 0.5) is 10.8 Å². The molecule has 36 heavy (non-hydrogen) atoms. The Morgan fingerprint density at radius 2 is 1.61 bits per heavy atom. The molecule has 0 saturated carbocycles. The van der Waals surface area contributed by atoms with Crippen LogP contribution in [0.2, 0.25) is 0 Å². The summed E-state index contributed by atoms with van der Waals surface area (Å²) in [5, 5.41) is 0.639. The molecule has 0 fully saturated rings. The van der Waals surface area contributed by atoms with Gasteiger partial charge in [-0.1, -0.05) is 35.6 Å². The van der Waals surface area contributed by atoms with E-state index >= 15 is 0 Å². The highest BCUT2D eigenvalue weighted by Crippen LogP contribution is 2.31. The highest BCUT2D eigenvalue weighted by Gasteiger charge is 2.24. The van der Waals surface area contributed by atoms with Gasteiger partial charge in [-0.25, -0.2) is 13.4 Å². The Labute approximate surface area is 216 Å². The van der Waals surface area contributed by atoms with Gasteiger partial charge in [0.15, 0.2) is 5.13 Å². The molecule has 0 saturated heterocycles. The molecule has 0 atom stereocenters. The van der Waals surface area contributed by atoms with Crippen LogP contribution in [0.15, 0.2) is 77.7 Å². The lowest BCUT2D eigenvalue weighted by Crippen LogP contribution is -2.33. The Morgan fingerprint density at radius 3 is 2.28 bits per heavy atom. The molecule has 3 aromatic carbocycles. The maximum Gasteiger partial charge on any atom is 0.264 e. The van der Waals surface area contributed by atoms with E-state index in [0.29, 0.717) is 22.9 Å². The SMILES string of the molecule is Cc1ccc2nc(N(CCCN(C)C)C(=O)c3ccc(S(=O)(=O)N(C)c4ccccc4)cc3)sc2c1. The minimum Gasteiger partial charge on any atom is -0.309 e. The fraction of sp³-hybridized carbons (Fsp3) is 0.259. The van der Waals surface area contributed by atoms with Crippen LogP contribution < -0.4 is 9.21 Å². The van der Waals surface area contributed by atoms with Crippen LogP contribution in [-0.2, 0) is 10.0 Å². The predicted octanol–water partition coefficient (Wildman–Crippen LogP) is 5.03. The highest BCUT2D eigenvalue weighted by molar-refractivity contribution is 7.92. The van der Waals surface area contributed by atoms with Gasteiger partial charge in [0.05, 0.1) is 20.8 Å². The largest absolute Gasteiger partial charge is 0.309 e. The van der Waals surface area contributed by atoms with Crippen molar-refractivity contribution in [2.45, 2.75) is 18.2 Å². The molecule has 9 heteroatoms. The number of aromatic nitrogens is 1. The number of sulfonamides is 1. The quantitative estimate of drug-likeness (QED) is 0.308. The van der Waals surface area contributed by atoms with Gasteiger partial charge in [-0.15, -0.1) is 0 Å². The maximum absolute atomic E-state index is 13.6. The van der Waals surface area contributed by atoms with Crippen molar-refractivity contribution in [3.8, 4) is 0 Å². The van der Waals surface area contributed by atoms with Gasteiger partial charge >= 0.3 is 0 Å². The number of rotatable bonds is 9. The average Bonchev–Trinajstić information content (AvgIpc) is 3.29. The van der Waals surface area contributed by atoms with Crippen LogP contribution in [0.25, 0.3) is 10.2 Å². The minimum atomic E-state index is -3.76. The molecule has 0 N–H and O–H groups in total. The van der Waals surface area contributed by atoms with Crippen molar-refractivity contribution in [3.63, 3.8) is 0 Å². The third-order valence-corrected chi connectivity index (χ3v) is 8.72. The molecule has 7 nitrogen and oxygen atoms in total. The van der Waals surface area contributed by atoms with E-state index in [-0.39, 0.29) is 10.8 Å². The number of hydrogen-bond acceptors (Lipinski definition) is 6. The Bertz CT molecular complexity index is 1450. The fourth-order valence-electron chi connectivity index (χ4n) is 3.82. The molecule has 4 aromatic rings. The summed E-state index contributed by atoms with van der Waals surface area (Å²) in [6, 6.07) is 21.1. The Morgan fingerprint density at radius 1 is 0.917 bits per heavy atom. The average molecular weight is 523 g/mol. The van der Waals surface area contributed by atoms with Gasteiger partial charge in [0, 0.05) is 19.2 Å². The summed E-state index contributed by atoms with van der Waals surface area (Å²) in [6.07, 6.45) is 0.780. The van der Waals surface area contributed by atoms with Crippen LogP contribution in [-0.4, -0.2) is 58.4 Å². The van der Waals surface area contributed by atoms with Crippen LogP contribution in [0, 0.1) is 6.92 Å². The van der Waals surface area contributed by atoms with Crippen LogP contribution in [0.3, 0.4) is 0 Å². The van der Waals surface area contributed by atoms with Gasteiger partial charge in [-0.3, -0.25) is 14.0 Å². The zero-order valence-electron chi connectivity index (χ0n) is 20.9. The monoisotopic (exact) mass is 522 g/mol. The number of aryl methyl sites for hydroxylation is 1. The smallest absolute Gasteiger partial charge is 0.264 e. The maximum atomic E-state index is 13.6. The topological polar surface area (TPSA) is 73.8 Å². The molecule has 0 unspecified atom stereocenters. The number of thiazole rings is 1. The number of para-hydroxylation sites is 1. The molecule has 1 amide bonds. The fourth-order valence-corrected chi connectivity index (χ4v) is 6.11. The van der Waals surface area contributed by atoms with E-state index in [1.54, 1.807) is 41.3 Å². The first kappa shape index (κ1) is 25.8. The normalized spacial score (nSPS) is 11.7. The van der Waals surface area contributed by atoms with Crippen molar-refractivity contribution < 1.29 is 13.2 Å². The Balaban J connectivity index is 1.61. The summed E-state index contributed by atoms with van der Waals surface area (Å²) in [4.78, 5) is 22.2. The number of hydrogen-bond donors (Lipinski definition) is 0. The van der Waals surface area contributed by atoms with Crippen molar-refractivity contribution in [3.05, 3.63) is 83.9 Å². The van der Waals surface area contributed by atoms with E-state index in [4.69, 9.17) is 4.98 Å². The second-order valence-corrected chi connectivity index (χ2v) is 11.9. The number of benzene rings is 3. The highest BCUT2D eigenvalue weighted by atomic mass is 32.2. The molecule has 188 valence electrons. The van der Waals surface area contributed by atoms with Gasteiger partial charge in [0.25, 0.3) is 15.9 Å². The third kappa shape index (κ3) is 5.59. The molecule has 1 aromatic heterocycles. The lowest BCUT2D eigenvalue weighted by atomic mass is 10.2. The number of nitrogens with zero attached hydrogens (tertiary/aromatic N) is 4. The molecule has 0 aliphatic rings. The van der Waals surface area contributed by atoms with Crippen molar-refractivity contribution in [2.24, 2.45) is 0 Å². The van der Waals surface area contributed by atoms with E-state index in [9.17, 15) is 13.2 Å². The van der Waals surface area contributed by atoms with Gasteiger partial charge in [-0.2, -0.15) is 0 Å². The summed E-state index contributed by atoms with van der Waals surface area (Å²) in [7, 11) is 1.76. The molecular formula is C27H30N4O3S2. The first-order valence-electron chi connectivity index (χ1n) is 11.6. The first-order chi connectivity index (χ1) is 17.2. The summed E-state index contributed by atoms with van der Waals surface area (Å²) >= 11 is 1.49. The molecular weight excluding hydrogens is 492 g/mol. The van der Waals surface area contributed by atoms with Crippen LogP contribution >= 0.6 is 11.3 Å². The third-order valence-electron chi connectivity index (χ3n) is 5.88. The van der Waals surface area contributed by atoms with E-state index < -0.39 is 10.0 Å². The predicted molar refractivity (Wildman–Crippen MR) is 148 cm³/mol. The minimum absolute atomic E-state index is 0.125. The second kappa shape index (κ2) is 10.8. The van der Waals surface area contributed by atoms with Gasteiger partial charge in [0.2, 0.25) is 0 Å². The zero-order chi connectivity index (χ0) is 25.9. The Hall–Kier alpha value is -3.27. The van der Waals surface area contributed by atoms with Crippen molar-refractivity contribution in [1.82, 2.24) is 9.88 Å². The van der Waals surface area contributed by atoms with E-state index in [1.807, 2.05) is 39.2 Å². The molecule has 0 aliphatic carbocycles. The standard InChI is InChI=1S/C27H30N4O3S2/c1-20-11-16-24-25(19-20)35-27(28-24)31(18-8-17-29(2)3)26(32)21-12-14-23(15-13-21)36(33,34)30(4)22-9-6-5-7-10-22/h5-7,9-16,19H,8,17-18H2,1-4H3. The number of fused-ring (bicyclic) bond motifs is 1. The Kier molecular flexibility index (Phi) is 7.73. The van der Waals surface area contributed by atoms with Crippen LogP contribution in [0.1, 0.15) is 22.3 Å². The number of carbonyl (C=O) groups is 1. The summed E-state index contributed by atoms with van der Waals surface area (Å²) < 4.78 is 28.5. The summed E-state index contributed by atoms with van der Waals surface area (Å²) in [6.45, 7) is 3.37. The number of amides is 1. The summed E-state index contributed by atoms with van der Waals surface area (Å²) in [5.41, 5.74) is 2.98. The van der Waals surface area contributed by atoms with Gasteiger partial charge in [-0.05, 0) is 88.1 Å². The van der Waals surface area contributed by atoms with Crippen LogP contribution in [0.5, 0.6) is 0 Å². The molecule has 0 aliphatic heterocycles. The van der Waals surface area contributed by atoms with Gasteiger partial charge in [0.1, 0.15) is 0 Å². The lowest BCUT2D eigenvalue weighted by molar-refractivity contribution is 0.0986.